The molecule has 0 atom stereocenters. The molecule has 0 unspecified atom stereocenters. The third-order valence-electron chi connectivity index (χ3n) is 8.40. The number of pyridine rings is 2. The predicted molar refractivity (Wildman–Crippen MR) is 168 cm³/mol. The van der Waals surface area contributed by atoms with E-state index in [0.717, 1.165) is 24.0 Å². The van der Waals surface area contributed by atoms with E-state index in [9.17, 15) is 23.2 Å². The number of alkyl halides is 2. The maximum Gasteiger partial charge on any atom is 0.482 e. The van der Waals surface area contributed by atoms with Crippen molar-refractivity contribution in [1.82, 2.24) is 24.6 Å². The topological polar surface area (TPSA) is 146 Å². The molecule has 12 nitrogen and oxygen atoms in total. The number of aldehydes is 1. The minimum atomic E-state index is -4.12. The lowest BCUT2D eigenvalue weighted by Crippen LogP contribution is -2.51. The number of hydrogen-bond donors (Lipinski definition) is 1. The van der Waals surface area contributed by atoms with E-state index in [1.807, 2.05) is 0 Å². The number of methoxy groups -OCH3 is 1. The van der Waals surface area contributed by atoms with Gasteiger partial charge in [-0.15, -0.1) is 0 Å². The summed E-state index contributed by atoms with van der Waals surface area (Å²) in [5.41, 5.74) is 7.45. The fourth-order valence-electron chi connectivity index (χ4n) is 5.92. The van der Waals surface area contributed by atoms with Gasteiger partial charge >= 0.3 is 18.1 Å². The summed E-state index contributed by atoms with van der Waals surface area (Å²) in [6.45, 7) is 1.29. The van der Waals surface area contributed by atoms with Gasteiger partial charge in [0.1, 0.15) is 0 Å². The van der Waals surface area contributed by atoms with Crippen LogP contribution in [0.4, 0.5) is 19.3 Å². The number of halogens is 3. The number of benzene rings is 1. The van der Waals surface area contributed by atoms with Gasteiger partial charge in [0.2, 0.25) is 0 Å². The number of fused-ring (bicyclic) bond motifs is 2. The Labute approximate surface area is 273 Å². The van der Waals surface area contributed by atoms with Gasteiger partial charge in [0, 0.05) is 48.3 Å². The van der Waals surface area contributed by atoms with Crippen LogP contribution in [0.15, 0.2) is 42.7 Å². The highest BCUT2D eigenvalue weighted by Gasteiger charge is 2.50. The molecule has 0 radical (unpaired) electrons. The molecule has 2 fully saturated rings. The van der Waals surface area contributed by atoms with Crippen molar-refractivity contribution in [2.24, 2.45) is 17.6 Å². The number of ether oxygens (including phenoxy) is 2. The normalized spacial score (nSPS) is 16.9. The quantitative estimate of drug-likeness (QED) is 0.264. The molecule has 1 aliphatic carbocycles. The summed E-state index contributed by atoms with van der Waals surface area (Å²) in [4.78, 5) is 48.7. The van der Waals surface area contributed by atoms with E-state index in [-0.39, 0.29) is 30.0 Å². The summed E-state index contributed by atoms with van der Waals surface area (Å²) in [6, 6.07) is 7.72. The molecule has 2 aliphatic heterocycles. The highest BCUT2D eigenvalue weighted by molar-refractivity contribution is 6.30. The first-order valence-electron chi connectivity index (χ1n) is 15.0. The number of nitrogens with zero attached hydrogens (tertiary/aromatic N) is 6. The van der Waals surface area contributed by atoms with Gasteiger partial charge in [-0.1, -0.05) is 17.7 Å². The molecular formula is C32H32ClF2N7O5. The van der Waals surface area contributed by atoms with Crippen LogP contribution >= 0.6 is 11.6 Å². The molecule has 2 N–H and O–H groups in total. The molecule has 15 heteroatoms. The minimum Gasteiger partial charge on any atom is -0.453 e. The van der Waals surface area contributed by atoms with Crippen molar-refractivity contribution < 1.29 is 32.6 Å². The van der Waals surface area contributed by atoms with Crippen molar-refractivity contribution in [2.45, 2.75) is 38.5 Å². The molecule has 1 saturated heterocycles. The first-order chi connectivity index (χ1) is 22.6. The van der Waals surface area contributed by atoms with Crippen molar-refractivity contribution in [3.05, 3.63) is 64.7 Å². The molecule has 5 heterocycles. The van der Waals surface area contributed by atoms with Crippen molar-refractivity contribution >= 4 is 46.6 Å². The third kappa shape index (κ3) is 6.22. The van der Waals surface area contributed by atoms with Crippen molar-refractivity contribution in [3.8, 4) is 16.9 Å². The molecular weight excluding hydrogens is 636 g/mol. The molecule has 7 rings (SSSR count). The zero-order chi connectivity index (χ0) is 33.5. The number of nitrogens with two attached hydrogens (primary N) is 1. The Hall–Kier alpha value is -4.69. The first-order valence-corrected chi connectivity index (χ1v) is 15.4. The first kappa shape index (κ1) is 32.3. The largest absolute Gasteiger partial charge is 0.482 e. The molecule has 246 valence electrons. The van der Waals surface area contributed by atoms with Gasteiger partial charge in [0.05, 0.1) is 41.9 Å². The fourth-order valence-corrected chi connectivity index (χ4v) is 6.03. The van der Waals surface area contributed by atoms with Crippen molar-refractivity contribution in [3.63, 3.8) is 0 Å². The van der Waals surface area contributed by atoms with Crippen LogP contribution in [0.2, 0.25) is 5.02 Å². The highest BCUT2D eigenvalue weighted by atomic mass is 35.5. The Morgan fingerprint density at radius 2 is 1.94 bits per heavy atom. The average Bonchev–Trinajstić information content (AvgIpc) is 3.78. The van der Waals surface area contributed by atoms with Crippen molar-refractivity contribution in [1.29, 1.82) is 0 Å². The summed E-state index contributed by atoms with van der Waals surface area (Å²) in [5, 5.41) is 5.52. The highest BCUT2D eigenvalue weighted by Crippen LogP contribution is 2.44. The van der Waals surface area contributed by atoms with Gasteiger partial charge in [-0.2, -0.15) is 13.9 Å². The summed E-state index contributed by atoms with van der Waals surface area (Å²) in [7, 11) is 2.84. The van der Waals surface area contributed by atoms with E-state index in [2.05, 4.69) is 15.8 Å². The Balaban J connectivity index is 0.00000190. The zero-order valence-electron chi connectivity index (χ0n) is 25.7. The third-order valence-corrected chi connectivity index (χ3v) is 8.62. The van der Waals surface area contributed by atoms with E-state index in [4.69, 9.17) is 26.1 Å². The van der Waals surface area contributed by atoms with Gasteiger partial charge in [-0.3, -0.25) is 19.5 Å². The molecule has 0 spiro atoms. The molecule has 47 heavy (non-hydrogen) atoms. The summed E-state index contributed by atoms with van der Waals surface area (Å²) < 4.78 is 41.4. The van der Waals surface area contributed by atoms with Crippen LogP contribution in [0.3, 0.4) is 0 Å². The summed E-state index contributed by atoms with van der Waals surface area (Å²) in [5.74, 6) is -1.20. The summed E-state index contributed by atoms with van der Waals surface area (Å²) in [6.07, 6.45) is 1.88. The number of anilines is 1. The number of aromatic nitrogens is 4. The number of carbonyl (C=O) groups excluding carboxylic acids is 3. The van der Waals surface area contributed by atoms with Crippen LogP contribution in [0.5, 0.6) is 5.75 Å². The number of likely N-dealkylation sites (tertiary alicyclic amines) is 1. The Bertz CT molecular complexity index is 1840. The number of rotatable bonds is 8. The maximum absolute atomic E-state index is 14.9. The number of hydrogen-bond acceptors (Lipinski definition) is 9. The summed E-state index contributed by atoms with van der Waals surface area (Å²) >= 11 is 5.92. The minimum absolute atomic E-state index is 0.133. The molecule has 2 amide bonds. The SMILES string of the molecule is CN.COC(=O)N1CC(Cn2ncc3c(-c4ccc5c(c4)OC(F)(F)C(=O)N5Cc4ccc(Cl)cn4)c(C=O)c(CC4CC4)nc32)C1. The smallest absolute Gasteiger partial charge is 0.453 e. The van der Waals surface area contributed by atoms with Crippen LogP contribution < -0.4 is 15.4 Å². The van der Waals surface area contributed by atoms with Crippen molar-refractivity contribution in [2.75, 3.05) is 32.1 Å². The second-order valence-electron chi connectivity index (χ2n) is 11.6. The van der Waals surface area contributed by atoms with Crippen LogP contribution in [-0.2, 0) is 29.0 Å². The van der Waals surface area contributed by atoms with Crippen LogP contribution in [0, 0.1) is 11.8 Å². The second kappa shape index (κ2) is 12.8. The van der Waals surface area contributed by atoms with E-state index in [1.54, 1.807) is 34.0 Å². The van der Waals surface area contributed by atoms with Crippen LogP contribution in [-0.4, -0.2) is 76.3 Å². The second-order valence-corrected chi connectivity index (χ2v) is 12.0. The van der Waals surface area contributed by atoms with E-state index in [1.165, 1.54) is 32.5 Å². The van der Waals surface area contributed by atoms with Gasteiger partial charge in [0.25, 0.3) is 0 Å². The van der Waals surface area contributed by atoms with Gasteiger partial charge in [-0.05, 0) is 62.1 Å². The standard InChI is InChI=1S/C31H27ClF2N6O5.CH5N/c1-44-30(43)38-12-18(13-38)14-40-28-22(11-36-40)27(23(16-41)24(37-28)8-17-2-3-17)19-4-7-25-26(9-19)45-31(33,34)29(42)39(25)15-21-6-5-20(32)10-35-21;1-2/h4-7,9-11,16-18H,2-3,8,12-15H2,1H3;2H2,1H3. The Morgan fingerprint density at radius 1 is 1.17 bits per heavy atom. The number of carbonyl (C=O) groups is 3. The lowest BCUT2D eigenvalue weighted by atomic mass is 9.94. The van der Waals surface area contributed by atoms with Gasteiger partial charge in [-0.25, -0.2) is 14.5 Å². The zero-order valence-corrected chi connectivity index (χ0v) is 26.4. The Morgan fingerprint density at radius 3 is 2.60 bits per heavy atom. The molecule has 3 aliphatic rings. The fraction of sp³-hybridized carbons (Fsp3) is 0.375. The van der Waals surface area contributed by atoms with Crippen LogP contribution in [0.25, 0.3) is 22.2 Å². The lowest BCUT2D eigenvalue weighted by molar-refractivity contribution is -0.193. The average molecular weight is 668 g/mol. The molecule has 1 saturated carbocycles. The lowest BCUT2D eigenvalue weighted by Gasteiger charge is -2.37. The Kier molecular flexibility index (Phi) is 8.81. The maximum atomic E-state index is 14.9. The van der Waals surface area contributed by atoms with Gasteiger partial charge < -0.3 is 20.1 Å². The number of amides is 2. The van der Waals surface area contributed by atoms with Gasteiger partial charge in [0.15, 0.2) is 17.7 Å². The molecule has 3 aromatic heterocycles. The monoisotopic (exact) mass is 667 g/mol. The van der Waals surface area contributed by atoms with E-state index >= 15 is 0 Å². The van der Waals surface area contributed by atoms with E-state index < -0.39 is 12.0 Å². The predicted octanol–water partition coefficient (Wildman–Crippen LogP) is 4.70. The molecule has 4 aromatic rings. The molecule has 0 bridgehead atoms. The molecule has 1 aromatic carbocycles. The van der Waals surface area contributed by atoms with Crippen LogP contribution in [0.1, 0.15) is 34.6 Å². The van der Waals surface area contributed by atoms with E-state index in [0.29, 0.717) is 76.1 Å².